The van der Waals surface area contributed by atoms with Crippen LogP contribution in [0.25, 0.3) is 10.9 Å². The van der Waals surface area contributed by atoms with Crippen molar-refractivity contribution < 1.29 is 23.0 Å². The van der Waals surface area contributed by atoms with Gasteiger partial charge < -0.3 is 19.5 Å². The Morgan fingerprint density at radius 2 is 1.79 bits per heavy atom. The lowest BCUT2D eigenvalue weighted by Crippen LogP contribution is -2.44. The van der Waals surface area contributed by atoms with Gasteiger partial charge in [0, 0.05) is 35.4 Å². The highest BCUT2D eigenvalue weighted by Crippen LogP contribution is 2.41. The molecule has 11 heteroatoms. The van der Waals surface area contributed by atoms with Crippen LogP contribution >= 0.6 is 24.0 Å². The number of hydrogen-bond acceptors (Lipinski definition) is 8. The minimum Gasteiger partial charge on any atom is -0.486 e. The normalized spacial score (nSPS) is 19.1. The molecule has 4 aromatic rings. The van der Waals surface area contributed by atoms with E-state index in [0.29, 0.717) is 52.6 Å². The van der Waals surface area contributed by atoms with E-state index in [1.54, 1.807) is 41.4 Å². The summed E-state index contributed by atoms with van der Waals surface area (Å²) in [6, 6.07) is 21.1. The van der Waals surface area contributed by atoms with Crippen molar-refractivity contribution in [3.05, 3.63) is 90.1 Å². The number of ether oxygens (including phenoxy) is 2. The summed E-state index contributed by atoms with van der Waals surface area (Å²) in [6.07, 6.45) is 1.80. The maximum atomic E-state index is 13.0. The van der Waals surface area contributed by atoms with Crippen molar-refractivity contribution in [1.29, 1.82) is 0 Å². The number of nitrogens with zero attached hydrogens (tertiary/aromatic N) is 2. The Hall–Kier alpha value is -3.38. The Balaban J connectivity index is 1.22. The lowest BCUT2D eigenvalue weighted by atomic mass is 10.0. The highest BCUT2D eigenvalue weighted by molar-refractivity contribution is 8.23. The molecule has 0 bridgehead atoms. The largest absolute Gasteiger partial charge is 0.486 e. The van der Waals surface area contributed by atoms with Crippen molar-refractivity contribution in [2.45, 2.75) is 17.2 Å². The Bertz CT molecular complexity index is 1650. The van der Waals surface area contributed by atoms with Crippen molar-refractivity contribution in [3.63, 3.8) is 0 Å². The summed E-state index contributed by atoms with van der Waals surface area (Å²) in [6.45, 7) is 1.18. The number of rotatable bonds is 6. The molecule has 1 saturated heterocycles. The first-order chi connectivity index (χ1) is 18.3. The molecule has 0 amide bonds. The van der Waals surface area contributed by atoms with Gasteiger partial charge >= 0.3 is 0 Å². The van der Waals surface area contributed by atoms with Gasteiger partial charge in [-0.05, 0) is 42.0 Å². The van der Waals surface area contributed by atoms with Gasteiger partial charge in [-0.2, -0.15) is 0 Å². The third-order valence-electron chi connectivity index (χ3n) is 6.48. The van der Waals surface area contributed by atoms with Gasteiger partial charge in [0.15, 0.2) is 17.2 Å². The van der Waals surface area contributed by atoms with E-state index in [1.807, 2.05) is 30.3 Å². The standard InChI is InChI=1S/C27H23N3O5S3/c31-27(17-37-26(36)30(27)16-18-13-19-3-1-2-4-23(19)28-15-18)20-5-7-21(8-6-20)29-38(32,33)22-9-10-24-25(14-22)35-12-11-34-24/h1-10,13-15,29,31H,11-12,16-17H2. The number of hydrogen-bond donors (Lipinski definition) is 2. The van der Waals surface area contributed by atoms with Crippen molar-refractivity contribution in [2.75, 3.05) is 23.7 Å². The van der Waals surface area contributed by atoms with E-state index in [1.165, 1.54) is 23.9 Å². The first-order valence-electron chi connectivity index (χ1n) is 11.9. The predicted octanol–water partition coefficient (Wildman–Crippen LogP) is 4.49. The number of fused-ring (bicyclic) bond motifs is 2. The number of nitrogens with one attached hydrogen (secondary N) is 1. The molecule has 3 aromatic carbocycles. The van der Waals surface area contributed by atoms with Gasteiger partial charge in [0.1, 0.15) is 17.5 Å². The zero-order chi connectivity index (χ0) is 26.3. The topological polar surface area (TPSA) is 101 Å². The van der Waals surface area contributed by atoms with Crippen LogP contribution in [0.4, 0.5) is 5.69 Å². The van der Waals surface area contributed by atoms with Crippen LogP contribution in [0.1, 0.15) is 11.1 Å². The van der Waals surface area contributed by atoms with Crippen LogP contribution < -0.4 is 14.2 Å². The van der Waals surface area contributed by atoms with Gasteiger partial charge in [-0.3, -0.25) is 9.71 Å². The van der Waals surface area contributed by atoms with Gasteiger partial charge in [0.25, 0.3) is 10.0 Å². The molecule has 1 aromatic heterocycles. The number of sulfonamides is 1. The van der Waals surface area contributed by atoms with E-state index in [-0.39, 0.29) is 4.90 Å². The number of thiocarbonyl (C=S) groups is 1. The molecule has 2 aliphatic rings. The van der Waals surface area contributed by atoms with Crippen LogP contribution in [0.3, 0.4) is 0 Å². The Kier molecular flexibility index (Phi) is 6.39. The summed E-state index contributed by atoms with van der Waals surface area (Å²) in [5.41, 5.74) is 1.46. The molecule has 0 aliphatic carbocycles. The van der Waals surface area contributed by atoms with E-state index in [0.717, 1.165) is 16.5 Å². The molecule has 0 spiro atoms. The van der Waals surface area contributed by atoms with Crippen molar-refractivity contribution in [1.82, 2.24) is 9.88 Å². The van der Waals surface area contributed by atoms with Crippen LogP contribution in [-0.2, 0) is 22.3 Å². The van der Waals surface area contributed by atoms with Crippen molar-refractivity contribution >= 4 is 54.9 Å². The average Bonchev–Trinajstić information content (AvgIpc) is 3.22. The molecule has 1 fully saturated rings. The van der Waals surface area contributed by atoms with Gasteiger partial charge in [-0.15, -0.1) is 0 Å². The minimum absolute atomic E-state index is 0.0668. The van der Waals surface area contributed by atoms with Crippen molar-refractivity contribution in [2.24, 2.45) is 0 Å². The molecule has 3 heterocycles. The Morgan fingerprint density at radius 3 is 2.61 bits per heavy atom. The number of thioether (sulfide) groups is 1. The summed E-state index contributed by atoms with van der Waals surface area (Å²) >= 11 is 6.98. The zero-order valence-corrected chi connectivity index (χ0v) is 22.5. The van der Waals surface area contributed by atoms with E-state index in [9.17, 15) is 13.5 Å². The molecule has 0 radical (unpaired) electrons. The lowest BCUT2D eigenvalue weighted by Gasteiger charge is -2.34. The highest BCUT2D eigenvalue weighted by Gasteiger charge is 2.44. The van der Waals surface area contributed by atoms with Gasteiger partial charge in [-0.1, -0.05) is 54.3 Å². The van der Waals surface area contributed by atoms with Crippen LogP contribution in [0.15, 0.2) is 83.9 Å². The van der Waals surface area contributed by atoms with E-state index < -0.39 is 15.7 Å². The smallest absolute Gasteiger partial charge is 0.262 e. The molecule has 8 nitrogen and oxygen atoms in total. The van der Waals surface area contributed by atoms with Crippen LogP contribution in [0.5, 0.6) is 11.5 Å². The van der Waals surface area contributed by atoms with Crippen LogP contribution in [0, 0.1) is 0 Å². The molecular weight excluding hydrogens is 543 g/mol. The molecule has 194 valence electrons. The maximum Gasteiger partial charge on any atom is 0.262 e. The van der Waals surface area contributed by atoms with Gasteiger partial charge in [-0.25, -0.2) is 8.42 Å². The number of pyridine rings is 1. The second kappa shape index (κ2) is 9.73. The molecule has 1 atom stereocenters. The zero-order valence-electron chi connectivity index (χ0n) is 20.0. The van der Waals surface area contributed by atoms with Gasteiger partial charge in [0.05, 0.1) is 16.2 Å². The SMILES string of the molecule is O=S(=O)(Nc1ccc(C2(O)CSC(=S)N2Cc2cnc3ccccc3c2)cc1)c1ccc2c(c1)OCCO2. The summed E-state index contributed by atoms with van der Waals surface area (Å²) in [4.78, 5) is 6.38. The Labute approximate surface area is 229 Å². The minimum atomic E-state index is -3.86. The van der Waals surface area contributed by atoms with E-state index in [2.05, 4.69) is 9.71 Å². The van der Waals surface area contributed by atoms with E-state index >= 15 is 0 Å². The predicted molar refractivity (Wildman–Crippen MR) is 151 cm³/mol. The number of benzene rings is 3. The summed E-state index contributed by atoms with van der Waals surface area (Å²) < 4.78 is 40.1. The number of anilines is 1. The van der Waals surface area contributed by atoms with Crippen molar-refractivity contribution in [3.8, 4) is 11.5 Å². The lowest BCUT2D eigenvalue weighted by molar-refractivity contribution is -0.0508. The molecule has 0 saturated carbocycles. The third-order valence-corrected chi connectivity index (χ3v) is 9.44. The number of aromatic nitrogens is 1. The Morgan fingerprint density at radius 1 is 1.03 bits per heavy atom. The highest BCUT2D eigenvalue weighted by atomic mass is 32.2. The average molecular weight is 566 g/mol. The summed E-state index contributed by atoms with van der Waals surface area (Å²) in [5, 5.41) is 12.7. The third kappa shape index (κ3) is 4.66. The first-order valence-corrected chi connectivity index (χ1v) is 14.7. The summed E-state index contributed by atoms with van der Waals surface area (Å²) in [5.74, 6) is 1.27. The maximum absolute atomic E-state index is 13.0. The molecule has 1 unspecified atom stereocenters. The quantitative estimate of drug-likeness (QED) is 0.328. The fourth-order valence-electron chi connectivity index (χ4n) is 4.50. The monoisotopic (exact) mass is 565 g/mol. The number of aliphatic hydroxyl groups is 1. The van der Waals surface area contributed by atoms with Crippen LogP contribution in [0.2, 0.25) is 0 Å². The fourth-order valence-corrected chi connectivity index (χ4v) is 6.98. The second-order valence-corrected chi connectivity index (χ2v) is 12.3. The fraction of sp³-hybridized carbons (Fsp3) is 0.185. The first kappa shape index (κ1) is 24.9. The second-order valence-electron chi connectivity index (χ2n) is 8.98. The van der Waals surface area contributed by atoms with Crippen LogP contribution in [-0.4, -0.2) is 46.7 Å². The number of para-hydroxylation sites is 1. The molecule has 38 heavy (non-hydrogen) atoms. The molecule has 6 rings (SSSR count). The van der Waals surface area contributed by atoms with Gasteiger partial charge in [0.2, 0.25) is 0 Å². The molecule has 2 aliphatic heterocycles. The van der Waals surface area contributed by atoms with E-state index in [4.69, 9.17) is 21.7 Å². The molecular formula is C27H23N3O5S3. The molecule has 2 N–H and O–H groups in total. The summed E-state index contributed by atoms with van der Waals surface area (Å²) in [7, 11) is -3.86.